The highest BCUT2D eigenvalue weighted by atomic mass is 32.2. The lowest BCUT2D eigenvalue weighted by Crippen LogP contribution is -2.33. The van der Waals surface area contributed by atoms with Crippen molar-refractivity contribution in [2.45, 2.75) is 83.6 Å². The number of aryl methyl sites for hydroxylation is 1. The fourth-order valence-corrected chi connectivity index (χ4v) is 6.83. The number of hydrogen-bond acceptors (Lipinski definition) is 7. The number of ether oxygens (including phenoxy) is 1. The van der Waals surface area contributed by atoms with Gasteiger partial charge in [0.2, 0.25) is 10.0 Å². The van der Waals surface area contributed by atoms with Gasteiger partial charge in [0, 0.05) is 19.0 Å². The predicted octanol–water partition coefficient (Wildman–Crippen LogP) is 5.44. The van der Waals surface area contributed by atoms with Gasteiger partial charge in [-0.15, -0.1) is 5.10 Å². The molecule has 0 radical (unpaired) electrons. The molecule has 0 amide bonds. The number of hydrogen-bond donors (Lipinski definition) is 2. The molecule has 2 heterocycles. The van der Waals surface area contributed by atoms with Crippen molar-refractivity contribution in [1.29, 1.82) is 0 Å². The lowest BCUT2D eigenvalue weighted by molar-refractivity contribution is 0.251. The number of fused-ring (bicyclic) bond motifs is 1. The number of unbranched alkanes of at least 4 members (excludes halogenated alkanes) is 3. The molecule has 1 atom stereocenters. The number of aromatic amines is 1. The summed E-state index contributed by atoms with van der Waals surface area (Å²) in [5, 5.41) is 14.5. The van der Waals surface area contributed by atoms with Crippen LogP contribution in [0.3, 0.4) is 0 Å². The summed E-state index contributed by atoms with van der Waals surface area (Å²) in [7, 11) is -4.03. The van der Waals surface area contributed by atoms with E-state index >= 15 is 0 Å². The second-order valence-corrected chi connectivity index (χ2v) is 12.6. The topological polar surface area (TPSA) is 130 Å². The van der Waals surface area contributed by atoms with Gasteiger partial charge < -0.3 is 14.8 Å². The highest BCUT2D eigenvalue weighted by molar-refractivity contribution is 7.89. The molecule has 2 aromatic heterocycles. The van der Waals surface area contributed by atoms with E-state index in [1.807, 2.05) is 37.3 Å². The van der Waals surface area contributed by atoms with Crippen LogP contribution < -0.4 is 10.3 Å². The summed E-state index contributed by atoms with van der Waals surface area (Å²) in [6.07, 6.45) is 6.35. The Labute approximate surface area is 253 Å². The molecule has 0 aliphatic heterocycles. The molecule has 0 saturated carbocycles. The van der Waals surface area contributed by atoms with Crippen LogP contribution >= 0.6 is 0 Å². The number of aliphatic hydroxyl groups is 1. The molecular weight excluding hydrogens is 566 g/mol. The number of aromatic nitrogens is 4. The Morgan fingerprint density at radius 3 is 2.51 bits per heavy atom. The monoisotopic (exact) mass is 609 g/mol. The number of benzene rings is 2. The highest BCUT2D eigenvalue weighted by Crippen LogP contribution is 2.33. The van der Waals surface area contributed by atoms with Crippen LogP contribution in [0.2, 0.25) is 0 Å². The van der Waals surface area contributed by atoms with Crippen LogP contribution in [0.1, 0.15) is 82.3 Å². The van der Waals surface area contributed by atoms with Gasteiger partial charge in [-0.1, -0.05) is 69.9 Å². The molecule has 0 aliphatic carbocycles. The van der Waals surface area contributed by atoms with Crippen LogP contribution in [0.4, 0.5) is 0 Å². The molecule has 0 saturated heterocycles. The van der Waals surface area contributed by atoms with E-state index in [2.05, 4.69) is 18.8 Å². The van der Waals surface area contributed by atoms with Gasteiger partial charge in [0.05, 0.1) is 29.4 Å². The molecule has 0 fully saturated rings. The van der Waals surface area contributed by atoms with E-state index in [0.29, 0.717) is 29.1 Å². The van der Waals surface area contributed by atoms with E-state index in [0.717, 1.165) is 43.5 Å². The zero-order chi connectivity index (χ0) is 31.0. The molecule has 4 aromatic rings. The zero-order valence-electron chi connectivity index (χ0n) is 25.5. The molecule has 2 N–H and O–H groups in total. The Hall–Kier alpha value is -3.54. The SMILES string of the molecule is CCCCCCC(CC)c1nc(C)c2c(=O)[nH]c(-c3cc(S(=O)(=O)N(CCO)Cc4ccccc4)ccc3OCC)nn12. The largest absolute Gasteiger partial charge is 0.493 e. The predicted molar refractivity (Wildman–Crippen MR) is 168 cm³/mol. The number of imidazole rings is 1. The smallest absolute Gasteiger partial charge is 0.277 e. The Kier molecular flexibility index (Phi) is 11.1. The summed E-state index contributed by atoms with van der Waals surface area (Å²) in [6, 6.07) is 13.8. The minimum atomic E-state index is -4.03. The van der Waals surface area contributed by atoms with Crippen molar-refractivity contribution in [3.8, 4) is 17.1 Å². The van der Waals surface area contributed by atoms with Gasteiger partial charge in [-0.2, -0.15) is 4.31 Å². The molecule has 10 nitrogen and oxygen atoms in total. The molecule has 43 heavy (non-hydrogen) atoms. The zero-order valence-corrected chi connectivity index (χ0v) is 26.4. The van der Waals surface area contributed by atoms with Crippen molar-refractivity contribution in [3.05, 3.63) is 76.0 Å². The molecule has 1 unspecified atom stereocenters. The van der Waals surface area contributed by atoms with Gasteiger partial charge in [-0.25, -0.2) is 17.9 Å². The van der Waals surface area contributed by atoms with Gasteiger partial charge in [-0.3, -0.25) is 4.79 Å². The van der Waals surface area contributed by atoms with Crippen LogP contribution in [0, 0.1) is 6.92 Å². The van der Waals surface area contributed by atoms with Crippen LogP contribution in [0.5, 0.6) is 5.75 Å². The van der Waals surface area contributed by atoms with Gasteiger partial charge in [0.15, 0.2) is 11.3 Å². The maximum Gasteiger partial charge on any atom is 0.277 e. The van der Waals surface area contributed by atoms with E-state index in [1.165, 1.54) is 22.9 Å². The second kappa shape index (κ2) is 14.8. The van der Waals surface area contributed by atoms with Crippen molar-refractivity contribution < 1.29 is 18.3 Å². The van der Waals surface area contributed by atoms with Crippen LogP contribution in [-0.4, -0.2) is 57.2 Å². The summed E-state index contributed by atoms with van der Waals surface area (Å²) in [5.74, 6) is 1.45. The van der Waals surface area contributed by atoms with E-state index in [1.54, 1.807) is 17.5 Å². The number of sulfonamides is 1. The maximum atomic E-state index is 13.9. The Balaban J connectivity index is 1.81. The maximum absolute atomic E-state index is 13.9. The average molecular weight is 610 g/mol. The summed E-state index contributed by atoms with van der Waals surface area (Å²) in [4.78, 5) is 21.0. The number of H-pyrrole nitrogens is 1. The van der Waals surface area contributed by atoms with Gasteiger partial charge in [-0.05, 0) is 50.5 Å². The van der Waals surface area contributed by atoms with E-state index in [-0.39, 0.29) is 41.9 Å². The first kappa shape index (κ1) is 32.4. The summed E-state index contributed by atoms with van der Waals surface area (Å²) >= 11 is 0. The molecule has 0 aliphatic rings. The Bertz CT molecular complexity index is 1670. The Morgan fingerprint density at radius 1 is 1.07 bits per heavy atom. The number of nitrogens with zero attached hydrogens (tertiary/aromatic N) is 4. The number of nitrogens with one attached hydrogen (secondary N) is 1. The standard InChI is InChI=1S/C32H43N5O5S/c1-5-8-9-13-16-25(6-2)31-33-23(4)29-32(39)34-30(35-37(29)31)27-21-26(17-18-28(27)42-7-3)43(40,41)36(19-20-38)22-24-14-11-10-12-15-24/h10-12,14-15,17-18,21,25,38H,5-9,13,16,19-20,22H2,1-4H3,(H,34,35,39). The third kappa shape index (κ3) is 7.34. The third-order valence-electron chi connectivity index (χ3n) is 7.66. The quantitative estimate of drug-likeness (QED) is 0.162. The highest BCUT2D eigenvalue weighted by Gasteiger charge is 2.27. The molecule has 11 heteroatoms. The first-order valence-electron chi connectivity index (χ1n) is 15.2. The number of rotatable bonds is 16. The lowest BCUT2D eigenvalue weighted by Gasteiger charge is -2.22. The van der Waals surface area contributed by atoms with Crippen molar-refractivity contribution in [2.24, 2.45) is 0 Å². The molecule has 232 valence electrons. The van der Waals surface area contributed by atoms with Gasteiger partial charge >= 0.3 is 0 Å². The van der Waals surface area contributed by atoms with Crippen molar-refractivity contribution >= 4 is 15.5 Å². The first-order valence-corrected chi connectivity index (χ1v) is 16.6. The molecule has 4 rings (SSSR count). The normalized spacial score (nSPS) is 12.7. The fourth-order valence-electron chi connectivity index (χ4n) is 5.38. The van der Waals surface area contributed by atoms with E-state index in [4.69, 9.17) is 14.8 Å². The summed E-state index contributed by atoms with van der Waals surface area (Å²) in [6.45, 7) is 7.97. The summed E-state index contributed by atoms with van der Waals surface area (Å²) < 4.78 is 36.4. The molecular formula is C32H43N5O5S. The molecule has 0 spiro atoms. The lowest BCUT2D eigenvalue weighted by atomic mass is 9.97. The van der Waals surface area contributed by atoms with Crippen LogP contribution in [-0.2, 0) is 16.6 Å². The minimum absolute atomic E-state index is 0.00229. The van der Waals surface area contributed by atoms with Crippen molar-refractivity contribution in [3.63, 3.8) is 0 Å². The van der Waals surface area contributed by atoms with Gasteiger partial charge in [0.25, 0.3) is 5.56 Å². The van der Waals surface area contributed by atoms with E-state index in [9.17, 15) is 18.3 Å². The third-order valence-corrected chi connectivity index (χ3v) is 9.50. The summed E-state index contributed by atoms with van der Waals surface area (Å²) in [5.41, 5.74) is 1.77. The second-order valence-electron chi connectivity index (χ2n) is 10.7. The van der Waals surface area contributed by atoms with Crippen LogP contribution in [0.25, 0.3) is 16.9 Å². The number of aliphatic hydroxyl groups excluding tert-OH is 1. The molecule has 0 bridgehead atoms. The van der Waals surface area contributed by atoms with Crippen molar-refractivity contribution in [1.82, 2.24) is 23.9 Å². The minimum Gasteiger partial charge on any atom is -0.493 e. The van der Waals surface area contributed by atoms with E-state index < -0.39 is 10.0 Å². The molecule has 2 aromatic carbocycles. The Morgan fingerprint density at radius 2 is 1.84 bits per heavy atom. The fraction of sp³-hybridized carbons (Fsp3) is 0.469. The van der Waals surface area contributed by atoms with Crippen molar-refractivity contribution in [2.75, 3.05) is 19.8 Å². The first-order chi connectivity index (χ1) is 20.7. The van der Waals surface area contributed by atoms with Crippen LogP contribution in [0.15, 0.2) is 58.2 Å². The average Bonchev–Trinajstić information content (AvgIpc) is 3.34. The van der Waals surface area contributed by atoms with Gasteiger partial charge in [0.1, 0.15) is 11.6 Å².